The Morgan fingerprint density at radius 3 is 2.48 bits per heavy atom. The lowest BCUT2D eigenvalue weighted by atomic mass is 9.95. The zero-order valence-corrected chi connectivity index (χ0v) is 13.9. The highest BCUT2D eigenvalue weighted by atomic mass is 79.9. The lowest BCUT2D eigenvalue weighted by Crippen LogP contribution is -2.12. The van der Waals surface area contributed by atoms with Crippen LogP contribution < -0.4 is 0 Å². The molecule has 0 aliphatic carbocycles. The number of rotatable bonds is 6. The Labute approximate surface area is 132 Å². The molecule has 0 radical (unpaired) electrons. The number of aliphatic hydroxyl groups excluding tert-OH is 1. The van der Waals surface area contributed by atoms with E-state index < -0.39 is 0 Å². The van der Waals surface area contributed by atoms with E-state index in [-0.39, 0.29) is 18.3 Å². The summed E-state index contributed by atoms with van der Waals surface area (Å²) in [5.41, 5.74) is 3.05. The van der Waals surface area contributed by atoms with Crippen LogP contribution in [0.25, 0.3) is 0 Å². The third kappa shape index (κ3) is 3.52. The number of aliphatic hydroxyl groups is 1. The fourth-order valence-electron chi connectivity index (χ4n) is 2.47. The van der Waals surface area contributed by atoms with Crippen LogP contribution in [-0.4, -0.2) is 21.5 Å². The van der Waals surface area contributed by atoms with E-state index in [4.69, 9.17) is 0 Å². The molecule has 0 amide bonds. The van der Waals surface area contributed by atoms with Crippen LogP contribution in [0.5, 0.6) is 0 Å². The van der Waals surface area contributed by atoms with Crippen LogP contribution in [0.1, 0.15) is 36.7 Å². The van der Waals surface area contributed by atoms with Gasteiger partial charge in [0.15, 0.2) is 0 Å². The molecular formula is C16H20BrFN2O. The van der Waals surface area contributed by atoms with Gasteiger partial charge in [-0.25, -0.2) is 4.39 Å². The predicted molar refractivity (Wildman–Crippen MR) is 84.9 cm³/mol. The molecule has 0 saturated carbocycles. The summed E-state index contributed by atoms with van der Waals surface area (Å²) in [7, 11) is 0. The molecule has 0 aliphatic heterocycles. The van der Waals surface area contributed by atoms with E-state index >= 15 is 0 Å². The molecule has 1 N–H and O–H groups in total. The Kier molecular flexibility index (Phi) is 5.53. The lowest BCUT2D eigenvalue weighted by molar-refractivity contribution is 0.262. The summed E-state index contributed by atoms with van der Waals surface area (Å²) in [6, 6.07) is 6.33. The predicted octanol–water partition coefficient (Wildman–Crippen LogP) is 3.69. The monoisotopic (exact) mass is 354 g/mol. The van der Waals surface area contributed by atoms with Crippen LogP contribution in [0, 0.1) is 5.82 Å². The maximum atomic E-state index is 13.0. The first-order valence-electron chi connectivity index (χ1n) is 7.21. The second-order valence-corrected chi connectivity index (χ2v) is 5.80. The molecule has 1 aromatic carbocycles. The molecule has 1 unspecified atom stereocenters. The van der Waals surface area contributed by atoms with E-state index in [0.29, 0.717) is 6.42 Å². The van der Waals surface area contributed by atoms with Gasteiger partial charge in [0.1, 0.15) is 5.82 Å². The third-order valence-corrected chi connectivity index (χ3v) is 4.61. The molecule has 114 valence electrons. The molecule has 3 nitrogen and oxygen atoms in total. The fraction of sp³-hybridized carbons (Fsp3) is 0.438. The number of hydrogen-bond acceptors (Lipinski definition) is 2. The SMILES string of the molecule is CCc1nn(CC)c(CC(CO)c2ccc(F)cc2)c1Br. The van der Waals surface area contributed by atoms with Gasteiger partial charge >= 0.3 is 0 Å². The van der Waals surface area contributed by atoms with Gasteiger partial charge in [0, 0.05) is 12.5 Å². The van der Waals surface area contributed by atoms with Crippen LogP contribution in [0.2, 0.25) is 0 Å². The van der Waals surface area contributed by atoms with Crippen molar-refractivity contribution in [3.63, 3.8) is 0 Å². The molecule has 0 saturated heterocycles. The van der Waals surface area contributed by atoms with Crippen molar-refractivity contribution >= 4 is 15.9 Å². The highest BCUT2D eigenvalue weighted by Gasteiger charge is 2.19. The van der Waals surface area contributed by atoms with E-state index in [1.165, 1.54) is 12.1 Å². The second kappa shape index (κ2) is 7.18. The largest absolute Gasteiger partial charge is 0.396 e. The first-order valence-corrected chi connectivity index (χ1v) is 8.00. The molecule has 1 aromatic heterocycles. The van der Waals surface area contributed by atoms with Crippen molar-refractivity contribution in [2.45, 2.75) is 39.2 Å². The average Bonchev–Trinajstić information content (AvgIpc) is 2.81. The van der Waals surface area contributed by atoms with Gasteiger partial charge in [-0.2, -0.15) is 5.10 Å². The van der Waals surface area contributed by atoms with Crippen molar-refractivity contribution in [1.82, 2.24) is 9.78 Å². The van der Waals surface area contributed by atoms with Crippen molar-refractivity contribution in [3.8, 4) is 0 Å². The summed E-state index contributed by atoms with van der Waals surface area (Å²) < 4.78 is 16.0. The summed E-state index contributed by atoms with van der Waals surface area (Å²) in [5.74, 6) is -0.322. The first-order chi connectivity index (χ1) is 10.1. The fourth-order valence-corrected chi connectivity index (χ4v) is 3.19. The smallest absolute Gasteiger partial charge is 0.123 e. The Balaban J connectivity index is 2.30. The average molecular weight is 355 g/mol. The van der Waals surface area contributed by atoms with E-state index in [2.05, 4.69) is 28.0 Å². The minimum atomic E-state index is -0.261. The first kappa shape index (κ1) is 16.2. The number of benzene rings is 1. The van der Waals surface area contributed by atoms with Crippen LogP contribution in [-0.2, 0) is 19.4 Å². The zero-order chi connectivity index (χ0) is 15.4. The summed E-state index contributed by atoms with van der Waals surface area (Å²) in [6.07, 6.45) is 1.53. The normalized spacial score (nSPS) is 12.6. The van der Waals surface area contributed by atoms with E-state index in [1.54, 1.807) is 12.1 Å². The Morgan fingerprint density at radius 1 is 1.29 bits per heavy atom. The topological polar surface area (TPSA) is 38.0 Å². The maximum absolute atomic E-state index is 13.0. The van der Waals surface area contributed by atoms with Crippen molar-refractivity contribution < 1.29 is 9.50 Å². The number of aryl methyl sites for hydroxylation is 2. The molecular weight excluding hydrogens is 335 g/mol. The Hall–Kier alpha value is -1.20. The second-order valence-electron chi connectivity index (χ2n) is 5.01. The molecule has 0 bridgehead atoms. The van der Waals surface area contributed by atoms with Crippen molar-refractivity contribution in [2.75, 3.05) is 6.61 Å². The molecule has 1 atom stereocenters. The maximum Gasteiger partial charge on any atom is 0.123 e. The van der Waals surface area contributed by atoms with Gasteiger partial charge < -0.3 is 5.11 Å². The van der Waals surface area contributed by atoms with E-state index in [9.17, 15) is 9.50 Å². The van der Waals surface area contributed by atoms with Gasteiger partial charge in [-0.1, -0.05) is 19.1 Å². The molecule has 0 fully saturated rings. The highest BCUT2D eigenvalue weighted by Crippen LogP contribution is 2.28. The van der Waals surface area contributed by atoms with Gasteiger partial charge in [-0.15, -0.1) is 0 Å². The summed E-state index contributed by atoms with van der Waals surface area (Å²) in [6.45, 7) is 4.93. The third-order valence-electron chi connectivity index (χ3n) is 3.70. The molecule has 0 aliphatic rings. The number of hydrogen-bond donors (Lipinski definition) is 1. The molecule has 0 spiro atoms. The molecule has 2 rings (SSSR count). The van der Waals surface area contributed by atoms with Crippen molar-refractivity contribution in [2.24, 2.45) is 0 Å². The van der Waals surface area contributed by atoms with Crippen molar-refractivity contribution in [3.05, 3.63) is 51.5 Å². The molecule has 21 heavy (non-hydrogen) atoms. The van der Waals surface area contributed by atoms with Crippen LogP contribution in [0.4, 0.5) is 4.39 Å². The molecule has 2 aromatic rings. The van der Waals surface area contributed by atoms with Crippen LogP contribution in [0.3, 0.4) is 0 Å². The number of halogens is 2. The summed E-state index contributed by atoms with van der Waals surface area (Å²) in [5, 5.41) is 14.3. The van der Waals surface area contributed by atoms with Crippen LogP contribution >= 0.6 is 15.9 Å². The van der Waals surface area contributed by atoms with Gasteiger partial charge in [-0.3, -0.25) is 4.68 Å². The molecule has 5 heteroatoms. The Bertz CT molecular complexity index is 595. The van der Waals surface area contributed by atoms with E-state index in [0.717, 1.165) is 34.4 Å². The standard InChI is InChI=1S/C16H20BrFN2O/c1-3-14-16(17)15(20(4-2)19-14)9-12(10-21)11-5-7-13(18)8-6-11/h5-8,12,21H,3-4,9-10H2,1-2H3. The van der Waals surface area contributed by atoms with Gasteiger partial charge in [0.2, 0.25) is 0 Å². The minimum Gasteiger partial charge on any atom is -0.396 e. The van der Waals surface area contributed by atoms with E-state index in [1.807, 2.05) is 11.6 Å². The number of nitrogens with zero attached hydrogens (tertiary/aromatic N) is 2. The zero-order valence-electron chi connectivity index (χ0n) is 12.3. The summed E-state index contributed by atoms with van der Waals surface area (Å²) in [4.78, 5) is 0. The number of aromatic nitrogens is 2. The van der Waals surface area contributed by atoms with Gasteiger partial charge in [0.25, 0.3) is 0 Å². The highest BCUT2D eigenvalue weighted by molar-refractivity contribution is 9.10. The van der Waals surface area contributed by atoms with Crippen LogP contribution in [0.15, 0.2) is 28.7 Å². The quantitative estimate of drug-likeness (QED) is 0.858. The van der Waals surface area contributed by atoms with Gasteiger partial charge in [-0.05, 0) is 53.4 Å². The molecule has 1 heterocycles. The Morgan fingerprint density at radius 2 is 1.95 bits per heavy atom. The van der Waals surface area contributed by atoms with Crippen molar-refractivity contribution in [1.29, 1.82) is 0 Å². The lowest BCUT2D eigenvalue weighted by Gasteiger charge is -2.16. The van der Waals surface area contributed by atoms with Gasteiger partial charge in [0.05, 0.1) is 22.5 Å². The summed E-state index contributed by atoms with van der Waals surface area (Å²) >= 11 is 3.62. The minimum absolute atomic E-state index is 0.0222.